The Morgan fingerprint density at radius 3 is 2.32 bits per heavy atom. The van der Waals surface area contributed by atoms with E-state index in [2.05, 4.69) is 0 Å². The Kier molecular flexibility index (Phi) is 4.83. The van der Waals surface area contributed by atoms with Crippen molar-refractivity contribution in [2.75, 3.05) is 0 Å². The number of carbonyl (C=O) groups is 1. The molecule has 0 bridgehead atoms. The molecular formula is C15H12Cl2O2. The summed E-state index contributed by atoms with van der Waals surface area (Å²) in [6.45, 7) is 0. The third kappa shape index (κ3) is 4.27. The molecule has 1 unspecified atom stereocenters. The van der Waals surface area contributed by atoms with Gasteiger partial charge < -0.3 is 4.74 Å². The van der Waals surface area contributed by atoms with Gasteiger partial charge in [0.2, 0.25) is 0 Å². The molecule has 0 aliphatic carbocycles. The van der Waals surface area contributed by atoms with Crippen LogP contribution in [0.3, 0.4) is 0 Å². The van der Waals surface area contributed by atoms with Gasteiger partial charge in [-0.25, -0.2) is 0 Å². The highest BCUT2D eigenvalue weighted by atomic mass is 35.5. The molecule has 0 N–H and O–H groups in total. The summed E-state index contributed by atoms with van der Waals surface area (Å²) >= 11 is 11.8. The topological polar surface area (TPSA) is 26.3 Å². The van der Waals surface area contributed by atoms with Crippen LogP contribution in [0.1, 0.15) is 5.56 Å². The molecule has 0 saturated carbocycles. The van der Waals surface area contributed by atoms with E-state index >= 15 is 0 Å². The monoisotopic (exact) mass is 294 g/mol. The van der Waals surface area contributed by atoms with Crippen molar-refractivity contribution < 1.29 is 9.53 Å². The number of benzene rings is 2. The molecule has 98 valence electrons. The zero-order valence-electron chi connectivity index (χ0n) is 10.1. The number of alkyl halides is 1. The van der Waals surface area contributed by atoms with Gasteiger partial charge in [0.05, 0.1) is 0 Å². The van der Waals surface area contributed by atoms with Crippen LogP contribution in [-0.2, 0) is 11.2 Å². The standard InChI is InChI=1S/C15H12Cl2O2/c16-12-8-6-11(7-9-12)10-14(17)15(18)19-13-4-2-1-3-5-13/h1-9,14H,10H2. The van der Waals surface area contributed by atoms with Gasteiger partial charge in [-0.1, -0.05) is 41.9 Å². The van der Waals surface area contributed by atoms with Gasteiger partial charge >= 0.3 is 5.97 Å². The fourth-order valence-electron chi connectivity index (χ4n) is 1.58. The quantitative estimate of drug-likeness (QED) is 0.482. The van der Waals surface area contributed by atoms with E-state index in [-0.39, 0.29) is 0 Å². The van der Waals surface area contributed by atoms with Gasteiger partial charge in [-0.05, 0) is 36.2 Å². The SMILES string of the molecule is O=C(Oc1ccccc1)C(Cl)Cc1ccc(Cl)cc1. The van der Waals surface area contributed by atoms with Crippen molar-refractivity contribution >= 4 is 29.2 Å². The van der Waals surface area contributed by atoms with E-state index < -0.39 is 11.3 Å². The van der Waals surface area contributed by atoms with Gasteiger partial charge in [0.25, 0.3) is 0 Å². The molecule has 0 aromatic heterocycles. The van der Waals surface area contributed by atoms with Crippen LogP contribution >= 0.6 is 23.2 Å². The van der Waals surface area contributed by atoms with Crippen molar-refractivity contribution in [1.29, 1.82) is 0 Å². The number of hydrogen-bond donors (Lipinski definition) is 0. The number of ether oxygens (including phenoxy) is 1. The molecule has 1 atom stereocenters. The minimum atomic E-state index is -0.721. The summed E-state index contributed by atoms with van der Waals surface area (Å²) in [5.74, 6) is 0.0390. The molecule has 0 spiro atoms. The van der Waals surface area contributed by atoms with Crippen molar-refractivity contribution in [3.05, 3.63) is 65.2 Å². The van der Waals surface area contributed by atoms with Crippen LogP contribution in [0.15, 0.2) is 54.6 Å². The van der Waals surface area contributed by atoms with Gasteiger partial charge in [-0.15, -0.1) is 11.6 Å². The molecule has 2 aromatic carbocycles. The van der Waals surface area contributed by atoms with Crippen LogP contribution in [0.2, 0.25) is 5.02 Å². The smallest absolute Gasteiger partial charge is 0.329 e. The third-order valence-electron chi connectivity index (χ3n) is 2.55. The van der Waals surface area contributed by atoms with E-state index in [9.17, 15) is 4.79 Å². The molecule has 0 amide bonds. The predicted octanol–water partition coefficient (Wildman–Crippen LogP) is 4.10. The Balaban J connectivity index is 1.94. The minimum Gasteiger partial charge on any atom is -0.425 e. The second kappa shape index (κ2) is 6.60. The summed E-state index contributed by atoms with van der Waals surface area (Å²) in [4.78, 5) is 11.8. The molecule has 19 heavy (non-hydrogen) atoms. The molecule has 2 nitrogen and oxygen atoms in total. The van der Waals surface area contributed by atoms with Gasteiger partial charge in [0.15, 0.2) is 0 Å². The zero-order chi connectivity index (χ0) is 13.7. The van der Waals surface area contributed by atoms with Crippen molar-refractivity contribution in [2.24, 2.45) is 0 Å². The lowest BCUT2D eigenvalue weighted by atomic mass is 10.1. The Hall–Kier alpha value is -1.51. The van der Waals surface area contributed by atoms with Crippen LogP contribution in [0, 0.1) is 0 Å². The number of hydrogen-bond acceptors (Lipinski definition) is 2. The Bertz CT molecular complexity index is 538. The fraction of sp³-hybridized carbons (Fsp3) is 0.133. The Morgan fingerprint density at radius 2 is 1.68 bits per heavy atom. The number of rotatable bonds is 4. The summed E-state index contributed by atoms with van der Waals surface area (Å²) in [6.07, 6.45) is 0.407. The maximum atomic E-state index is 11.8. The summed E-state index contributed by atoms with van der Waals surface area (Å²) in [6, 6.07) is 16.1. The first kappa shape index (κ1) is 13.9. The van der Waals surface area contributed by atoms with Crippen LogP contribution in [0.4, 0.5) is 0 Å². The molecule has 2 aromatic rings. The van der Waals surface area contributed by atoms with Gasteiger partial charge in [-0.3, -0.25) is 4.79 Å². The normalized spacial score (nSPS) is 11.9. The highest BCUT2D eigenvalue weighted by molar-refractivity contribution is 6.31. The maximum absolute atomic E-state index is 11.8. The molecule has 0 aliphatic rings. The summed E-state index contributed by atoms with van der Waals surface area (Å²) < 4.78 is 5.18. The van der Waals surface area contributed by atoms with E-state index in [1.54, 1.807) is 36.4 Å². The van der Waals surface area contributed by atoms with Gasteiger partial charge in [-0.2, -0.15) is 0 Å². The van der Waals surface area contributed by atoms with E-state index in [1.165, 1.54) is 0 Å². The molecule has 0 fully saturated rings. The maximum Gasteiger partial charge on any atom is 0.329 e. The minimum absolute atomic E-state index is 0.407. The molecule has 0 aliphatic heterocycles. The average Bonchev–Trinajstić information content (AvgIpc) is 2.42. The lowest BCUT2D eigenvalue weighted by Crippen LogP contribution is -2.22. The van der Waals surface area contributed by atoms with Crippen molar-refractivity contribution in [2.45, 2.75) is 11.8 Å². The van der Waals surface area contributed by atoms with Crippen molar-refractivity contribution in [3.8, 4) is 5.75 Å². The summed E-state index contributed by atoms with van der Waals surface area (Å²) in [5, 5.41) is -0.0666. The van der Waals surface area contributed by atoms with Gasteiger partial charge in [0, 0.05) is 5.02 Å². The largest absolute Gasteiger partial charge is 0.425 e. The Labute approximate surface area is 121 Å². The fourth-order valence-corrected chi connectivity index (χ4v) is 1.93. The zero-order valence-corrected chi connectivity index (χ0v) is 11.6. The van der Waals surface area contributed by atoms with E-state index in [0.29, 0.717) is 17.2 Å². The van der Waals surface area contributed by atoms with Crippen molar-refractivity contribution in [3.63, 3.8) is 0 Å². The van der Waals surface area contributed by atoms with E-state index in [1.807, 2.05) is 18.2 Å². The summed E-state index contributed by atoms with van der Waals surface area (Å²) in [5.41, 5.74) is 0.939. The molecule has 0 radical (unpaired) electrons. The van der Waals surface area contributed by atoms with E-state index in [0.717, 1.165) is 5.56 Å². The average molecular weight is 295 g/mol. The third-order valence-corrected chi connectivity index (χ3v) is 3.13. The second-order valence-corrected chi connectivity index (χ2v) is 5.00. The second-order valence-electron chi connectivity index (χ2n) is 4.03. The number of halogens is 2. The molecule has 0 heterocycles. The summed E-state index contributed by atoms with van der Waals surface area (Å²) in [7, 11) is 0. The van der Waals surface area contributed by atoms with Crippen LogP contribution in [-0.4, -0.2) is 11.3 Å². The Morgan fingerprint density at radius 1 is 1.05 bits per heavy atom. The van der Waals surface area contributed by atoms with Gasteiger partial charge in [0.1, 0.15) is 11.1 Å². The predicted molar refractivity (Wildman–Crippen MR) is 76.9 cm³/mol. The van der Waals surface area contributed by atoms with Crippen LogP contribution < -0.4 is 4.74 Å². The molecule has 0 saturated heterocycles. The highest BCUT2D eigenvalue weighted by Gasteiger charge is 2.18. The van der Waals surface area contributed by atoms with E-state index in [4.69, 9.17) is 27.9 Å². The lowest BCUT2D eigenvalue weighted by molar-refractivity contribution is -0.133. The highest BCUT2D eigenvalue weighted by Crippen LogP contribution is 2.16. The molecule has 2 rings (SSSR count). The van der Waals surface area contributed by atoms with Crippen molar-refractivity contribution in [1.82, 2.24) is 0 Å². The van der Waals surface area contributed by atoms with Crippen LogP contribution in [0.25, 0.3) is 0 Å². The molecular weight excluding hydrogens is 283 g/mol. The first-order valence-corrected chi connectivity index (χ1v) is 6.62. The number of esters is 1. The number of para-hydroxylation sites is 1. The first-order chi connectivity index (χ1) is 9.15. The molecule has 4 heteroatoms. The number of carbonyl (C=O) groups excluding carboxylic acids is 1. The lowest BCUT2D eigenvalue weighted by Gasteiger charge is -2.09. The first-order valence-electron chi connectivity index (χ1n) is 5.80. The van der Waals surface area contributed by atoms with Crippen LogP contribution in [0.5, 0.6) is 5.75 Å².